The van der Waals surface area contributed by atoms with Crippen molar-refractivity contribution in [1.29, 1.82) is 0 Å². The highest BCUT2D eigenvalue weighted by atomic mass is 32.1. The summed E-state index contributed by atoms with van der Waals surface area (Å²) in [5.41, 5.74) is -0.449. The van der Waals surface area contributed by atoms with Crippen LogP contribution in [0.2, 0.25) is 0 Å². The van der Waals surface area contributed by atoms with Crippen LogP contribution in [0, 0.1) is 0 Å². The summed E-state index contributed by atoms with van der Waals surface area (Å²) in [7, 11) is 0. The van der Waals surface area contributed by atoms with Gasteiger partial charge < -0.3 is 14.4 Å². The van der Waals surface area contributed by atoms with Crippen molar-refractivity contribution in [2.45, 2.75) is 58.3 Å². The van der Waals surface area contributed by atoms with E-state index in [4.69, 9.17) is 9.47 Å². The smallest absolute Gasteiger partial charge is 0.410 e. The van der Waals surface area contributed by atoms with Crippen molar-refractivity contribution < 1.29 is 14.3 Å². The van der Waals surface area contributed by atoms with Crippen molar-refractivity contribution in [2.75, 3.05) is 13.2 Å². The molecule has 1 aliphatic heterocycles. The summed E-state index contributed by atoms with van der Waals surface area (Å²) in [6, 6.07) is 4.24. The molecule has 0 unspecified atom stereocenters. The molecule has 1 fully saturated rings. The Morgan fingerprint density at radius 2 is 2.29 bits per heavy atom. The van der Waals surface area contributed by atoms with Gasteiger partial charge in [0.1, 0.15) is 5.60 Å². The standard InChI is InChI=1S/C16H25NO3S/c1-12(14-8-6-10-21-14)19-11-13-7-5-9-17(13)15(18)20-16(2,3)4/h6,8,10,12-13H,5,7,9,11H2,1-4H3/t12-,13-/m0/s1. The molecule has 1 saturated heterocycles. The Kier molecular flexibility index (Phi) is 5.27. The van der Waals surface area contributed by atoms with Gasteiger partial charge in [-0.3, -0.25) is 0 Å². The maximum absolute atomic E-state index is 12.2. The molecule has 1 aromatic rings. The summed E-state index contributed by atoms with van der Waals surface area (Å²) in [6.07, 6.45) is 1.85. The fourth-order valence-corrected chi connectivity index (χ4v) is 3.16. The summed E-state index contributed by atoms with van der Waals surface area (Å²) in [5, 5.41) is 2.05. The van der Waals surface area contributed by atoms with Crippen LogP contribution in [0.25, 0.3) is 0 Å². The van der Waals surface area contributed by atoms with Crippen LogP contribution in [-0.2, 0) is 9.47 Å². The lowest BCUT2D eigenvalue weighted by Gasteiger charge is -2.29. The van der Waals surface area contributed by atoms with Crippen LogP contribution in [0.5, 0.6) is 0 Å². The normalized spacial score (nSPS) is 20.6. The van der Waals surface area contributed by atoms with Crippen molar-refractivity contribution in [1.82, 2.24) is 4.90 Å². The average Bonchev–Trinajstić information content (AvgIpc) is 3.04. The van der Waals surface area contributed by atoms with Gasteiger partial charge in [0.15, 0.2) is 0 Å². The molecule has 0 radical (unpaired) electrons. The number of carbonyl (C=O) groups is 1. The highest BCUT2D eigenvalue weighted by Crippen LogP contribution is 2.25. The molecular formula is C16H25NO3S. The van der Waals surface area contributed by atoms with Crippen LogP contribution in [0.15, 0.2) is 17.5 Å². The van der Waals surface area contributed by atoms with Crippen LogP contribution in [0.4, 0.5) is 4.79 Å². The molecule has 0 bridgehead atoms. The Morgan fingerprint density at radius 3 is 2.90 bits per heavy atom. The van der Waals surface area contributed by atoms with Gasteiger partial charge in [-0.15, -0.1) is 11.3 Å². The first-order valence-electron chi connectivity index (χ1n) is 7.51. The molecule has 1 amide bonds. The first-order valence-corrected chi connectivity index (χ1v) is 8.39. The number of ether oxygens (including phenoxy) is 2. The van der Waals surface area contributed by atoms with E-state index in [9.17, 15) is 4.79 Å². The largest absolute Gasteiger partial charge is 0.444 e. The van der Waals surface area contributed by atoms with E-state index >= 15 is 0 Å². The minimum Gasteiger partial charge on any atom is -0.444 e. The molecule has 0 saturated carbocycles. The molecule has 0 aliphatic carbocycles. The molecule has 0 N–H and O–H groups in total. The quantitative estimate of drug-likeness (QED) is 0.835. The molecule has 0 aromatic carbocycles. The molecule has 2 atom stereocenters. The molecule has 1 aromatic heterocycles. The molecular weight excluding hydrogens is 286 g/mol. The lowest BCUT2D eigenvalue weighted by molar-refractivity contribution is -0.00109. The number of thiophene rings is 1. The van der Waals surface area contributed by atoms with Crippen molar-refractivity contribution in [3.05, 3.63) is 22.4 Å². The second kappa shape index (κ2) is 6.79. The van der Waals surface area contributed by atoms with E-state index in [1.807, 2.05) is 31.7 Å². The Balaban J connectivity index is 1.86. The van der Waals surface area contributed by atoms with Crippen molar-refractivity contribution in [3.63, 3.8) is 0 Å². The van der Waals surface area contributed by atoms with Gasteiger partial charge in [0, 0.05) is 11.4 Å². The molecule has 21 heavy (non-hydrogen) atoms. The average molecular weight is 311 g/mol. The molecule has 1 aliphatic rings. The number of rotatable bonds is 4. The first kappa shape index (κ1) is 16.3. The van der Waals surface area contributed by atoms with E-state index < -0.39 is 5.60 Å². The van der Waals surface area contributed by atoms with E-state index in [0.29, 0.717) is 6.61 Å². The van der Waals surface area contributed by atoms with Gasteiger partial charge in [-0.05, 0) is 52.0 Å². The SMILES string of the molecule is C[C@H](OC[C@@H]1CCCN1C(=O)OC(C)(C)C)c1cccs1. The van der Waals surface area contributed by atoms with Crippen LogP contribution >= 0.6 is 11.3 Å². The molecule has 2 heterocycles. The second-order valence-corrected chi connectivity index (χ2v) is 7.44. The van der Waals surface area contributed by atoms with E-state index in [-0.39, 0.29) is 18.2 Å². The maximum Gasteiger partial charge on any atom is 0.410 e. The molecule has 0 spiro atoms. The third kappa shape index (κ3) is 4.71. The Labute approximate surface area is 131 Å². The van der Waals surface area contributed by atoms with E-state index in [2.05, 4.69) is 18.4 Å². The minimum absolute atomic E-state index is 0.0751. The third-order valence-corrected chi connectivity index (χ3v) is 4.52. The topological polar surface area (TPSA) is 38.8 Å². The van der Waals surface area contributed by atoms with Crippen LogP contribution in [-0.4, -0.2) is 35.8 Å². The van der Waals surface area contributed by atoms with E-state index in [0.717, 1.165) is 19.4 Å². The number of hydrogen-bond acceptors (Lipinski definition) is 4. The van der Waals surface area contributed by atoms with Gasteiger partial charge in [0.05, 0.1) is 18.8 Å². The van der Waals surface area contributed by atoms with E-state index in [1.54, 1.807) is 11.3 Å². The summed E-state index contributed by atoms with van der Waals surface area (Å²) in [4.78, 5) is 15.2. The predicted octanol–water partition coefficient (Wildman–Crippen LogP) is 4.23. The summed E-state index contributed by atoms with van der Waals surface area (Å²) in [6.45, 7) is 9.06. The molecule has 2 rings (SSSR count). The van der Waals surface area contributed by atoms with Crippen LogP contribution in [0.3, 0.4) is 0 Å². The summed E-state index contributed by atoms with van der Waals surface area (Å²) in [5.74, 6) is 0. The van der Waals surface area contributed by atoms with E-state index in [1.165, 1.54) is 4.88 Å². The Hall–Kier alpha value is -1.07. The lowest BCUT2D eigenvalue weighted by atomic mass is 10.2. The Morgan fingerprint density at radius 1 is 1.52 bits per heavy atom. The fraction of sp³-hybridized carbons (Fsp3) is 0.688. The monoisotopic (exact) mass is 311 g/mol. The number of nitrogens with zero attached hydrogens (tertiary/aromatic N) is 1. The zero-order valence-electron chi connectivity index (χ0n) is 13.3. The molecule has 5 heteroatoms. The van der Waals surface area contributed by atoms with Gasteiger partial charge >= 0.3 is 6.09 Å². The van der Waals surface area contributed by atoms with Gasteiger partial charge in [0.25, 0.3) is 0 Å². The first-order chi connectivity index (χ1) is 9.87. The second-order valence-electron chi connectivity index (χ2n) is 6.46. The summed E-state index contributed by atoms with van der Waals surface area (Å²) < 4.78 is 11.4. The third-order valence-electron chi connectivity index (χ3n) is 3.49. The zero-order chi connectivity index (χ0) is 15.5. The fourth-order valence-electron chi connectivity index (χ4n) is 2.43. The van der Waals surface area contributed by atoms with Gasteiger partial charge in [-0.2, -0.15) is 0 Å². The van der Waals surface area contributed by atoms with Crippen LogP contribution < -0.4 is 0 Å². The Bertz CT molecular complexity index is 453. The minimum atomic E-state index is -0.449. The predicted molar refractivity (Wildman–Crippen MR) is 84.6 cm³/mol. The van der Waals surface area contributed by atoms with Crippen molar-refractivity contribution in [3.8, 4) is 0 Å². The summed E-state index contributed by atoms with van der Waals surface area (Å²) >= 11 is 1.70. The van der Waals surface area contributed by atoms with Gasteiger partial charge in [-0.25, -0.2) is 4.79 Å². The van der Waals surface area contributed by atoms with Crippen molar-refractivity contribution in [2.24, 2.45) is 0 Å². The highest BCUT2D eigenvalue weighted by molar-refractivity contribution is 7.10. The van der Waals surface area contributed by atoms with Gasteiger partial charge in [-0.1, -0.05) is 6.07 Å². The number of hydrogen-bond donors (Lipinski definition) is 0. The maximum atomic E-state index is 12.2. The molecule has 118 valence electrons. The number of likely N-dealkylation sites (tertiary alicyclic amines) is 1. The molecule has 4 nitrogen and oxygen atoms in total. The van der Waals surface area contributed by atoms with Gasteiger partial charge in [0.2, 0.25) is 0 Å². The zero-order valence-corrected chi connectivity index (χ0v) is 14.1. The number of carbonyl (C=O) groups excluding carboxylic acids is 1. The highest BCUT2D eigenvalue weighted by Gasteiger charge is 2.32. The lowest BCUT2D eigenvalue weighted by Crippen LogP contribution is -2.41. The number of amides is 1. The van der Waals surface area contributed by atoms with Crippen molar-refractivity contribution >= 4 is 17.4 Å². The van der Waals surface area contributed by atoms with Crippen LogP contribution in [0.1, 0.15) is 51.5 Å².